The van der Waals surface area contributed by atoms with Crippen LogP contribution in [0.5, 0.6) is 0 Å². The molecule has 0 saturated heterocycles. The quantitative estimate of drug-likeness (QED) is 0.771. The summed E-state index contributed by atoms with van der Waals surface area (Å²) < 4.78 is 0. The number of hydrogen-bond acceptors (Lipinski definition) is 5. The van der Waals surface area contributed by atoms with E-state index in [-0.39, 0.29) is 0 Å². The molecule has 0 unspecified atom stereocenters. The number of nitrogens with zero attached hydrogens (tertiary/aromatic N) is 3. The van der Waals surface area contributed by atoms with Gasteiger partial charge in [-0.2, -0.15) is 15.0 Å². The number of aromatic nitrogens is 3. The molecule has 1 aromatic carbocycles. The maximum absolute atomic E-state index is 4.57. The zero-order chi connectivity index (χ0) is 17.7. The molecule has 0 atom stereocenters. The van der Waals surface area contributed by atoms with Crippen LogP contribution in [0.1, 0.15) is 56.1 Å². The molecule has 2 rings (SSSR count). The fraction of sp³-hybridized carbons (Fsp3) is 0.526. The van der Waals surface area contributed by atoms with Gasteiger partial charge < -0.3 is 10.6 Å². The van der Waals surface area contributed by atoms with Crippen LogP contribution in [0.25, 0.3) is 0 Å². The Hall–Kier alpha value is -2.17. The van der Waals surface area contributed by atoms with Crippen molar-refractivity contribution < 1.29 is 0 Å². The lowest BCUT2D eigenvalue weighted by molar-refractivity contribution is 0.662. The predicted octanol–water partition coefficient (Wildman–Crippen LogP) is 4.70. The van der Waals surface area contributed by atoms with Gasteiger partial charge in [-0.05, 0) is 44.7 Å². The van der Waals surface area contributed by atoms with E-state index in [0.29, 0.717) is 17.9 Å². The summed E-state index contributed by atoms with van der Waals surface area (Å²) in [5.74, 6) is 2.05. The van der Waals surface area contributed by atoms with Crippen LogP contribution in [0.3, 0.4) is 0 Å². The Morgan fingerprint density at radius 3 is 2.00 bits per heavy atom. The fourth-order valence-corrected chi connectivity index (χ4v) is 2.86. The maximum atomic E-state index is 4.57. The van der Waals surface area contributed by atoms with Crippen molar-refractivity contribution in [3.05, 3.63) is 34.6 Å². The van der Waals surface area contributed by atoms with Gasteiger partial charge in [-0.25, -0.2) is 0 Å². The highest BCUT2D eigenvalue weighted by Gasteiger charge is 2.11. The molecule has 5 nitrogen and oxygen atoms in total. The number of benzene rings is 1. The molecule has 1 heterocycles. The van der Waals surface area contributed by atoms with E-state index in [1.54, 1.807) is 0 Å². The minimum absolute atomic E-state index is 0.382. The highest BCUT2D eigenvalue weighted by atomic mass is 15.2. The van der Waals surface area contributed by atoms with Crippen LogP contribution < -0.4 is 10.6 Å². The Kier molecular flexibility index (Phi) is 6.12. The van der Waals surface area contributed by atoms with Gasteiger partial charge in [0.2, 0.25) is 11.9 Å². The topological polar surface area (TPSA) is 62.7 Å². The third kappa shape index (κ3) is 4.43. The van der Waals surface area contributed by atoms with Gasteiger partial charge in [0.25, 0.3) is 0 Å². The molecule has 130 valence electrons. The fourth-order valence-electron chi connectivity index (χ4n) is 2.86. The van der Waals surface area contributed by atoms with Gasteiger partial charge in [-0.15, -0.1) is 0 Å². The van der Waals surface area contributed by atoms with Crippen molar-refractivity contribution in [2.75, 3.05) is 10.6 Å². The average molecular weight is 327 g/mol. The molecule has 0 spiro atoms. The third-order valence-corrected chi connectivity index (χ3v) is 4.23. The van der Waals surface area contributed by atoms with Crippen LogP contribution in [0.15, 0.2) is 12.1 Å². The summed E-state index contributed by atoms with van der Waals surface area (Å²) in [4.78, 5) is 13.6. The molecular weight excluding hydrogens is 298 g/mol. The van der Waals surface area contributed by atoms with Crippen LogP contribution in [0.2, 0.25) is 0 Å². The lowest BCUT2D eigenvalue weighted by atomic mass is 10.1. The molecule has 0 bridgehead atoms. The predicted molar refractivity (Wildman–Crippen MR) is 101 cm³/mol. The standard InChI is InChI=1S/C19H29N5/c1-7-15(8-2)20-18-21-16(9-3)22-19(24-18)23-17-13(5)10-12(4)11-14(17)6/h10-11,15H,7-9H2,1-6H3,(H2,20,21,22,23,24). The largest absolute Gasteiger partial charge is 0.351 e. The van der Waals surface area contributed by atoms with Crippen molar-refractivity contribution in [2.24, 2.45) is 0 Å². The summed E-state index contributed by atoms with van der Waals surface area (Å²) in [7, 11) is 0. The summed E-state index contributed by atoms with van der Waals surface area (Å²) in [5.41, 5.74) is 4.72. The summed E-state index contributed by atoms with van der Waals surface area (Å²) in [6.07, 6.45) is 2.87. The van der Waals surface area contributed by atoms with Crippen molar-refractivity contribution in [1.82, 2.24) is 15.0 Å². The van der Waals surface area contributed by atoms with Gasteiger partial charge in [0.05, 0.1) is 0 Å². The Morgan fingerprint density at radius 1 is 0.875 bits per heavy atom. The van der Waals surface area contributed by atoms with Crippen molar-refractivity contribution in [3.63, 3.8) is 0 Å². The normalized spacial score (nSPS) is 11.0. The van der Waals surface area contributed by atoms with E-state index in [4.69, 9.17) is 0 Å². The summed E-state index contributed by atoms with van der Waals surface area (Å²) in [6, 6.07) is 4.72. The second kappa shape index (κ2) is 8.08. The van der Waals surface area contributed by atoms with E-state index < -0.39 is 0 Å². The van der Waals surface area contributed by atoms with Gasteiger partial charge >= 0.3 is 0 Å². The molecule has 0 fully saturated rings. The van der Waals surface area contributed by atoms with Gasteiger partial charge in [-0.3, -0.25) is 0 Å². The van der Waals surface area contributed by atoms with E-state index in [0.717, 1.165) is 30.8 Å². The zero-order valence-corrected chi connectivity index (χ0v) is 15.7. The third-order valence-electron chi connectivity index (χ3n) is 4.23. The number of anilines is 3. The summed E-state index contributed by atoms with van der Waals surface area (Å²) >= 11 is 0. The maximum Gasteiger partial charge on any atom is 0.232 e. The Morgan fingerprint density at radius 2 is 1.46 bits per heavy atom. The van der Waals surface area contributed by atoms with Crippen molar-refractivity contribution in [1.29, 1.82) is 0 Å². The Labute approximate surface area is 145 Å². The highest BCUT2D eigenvalue weighted by Crippen LogP contribution is 2.25. The number of rotatable bonds is 7. The van der Waals surface area contributed by atoms with Crippen LogP contribution >= 0.6 is 0 Å². The zero-order valence-electron chi connectivity index (χ0n) is 15.7. The molecule has 0 aliphatic carbocycles. The van der Waals surface area contributed by atoms with Crippen LogP contribution in [0.4, 0.5) is 17.6 Å². The van der Waals surface area contributed by atoms with Gasteiger partial charge in [0, 0.05) is 18.2 Å². The van der Waals surface area contributed by atoms with Crippen LogP contribution in [-0.4, -0.2) is 21.0 Å². The second-order valence-electron chi connectivity index (χ2n) is 6.31. The van der Waals surface area contributed by atoms with E-state index in [1.165, 1.54) is 16.7 Å². The molecule has 0 saturated carbocycles. The molecule has 5 heteroatoms. The van der Waals surface area contributed by atoms with E-state index in [2.05, 4.69) is 79.3 Å². The SMILES string of the molecule is CCc1nc(Nc2c(C)cc(C)cc2C)nc(NC(CC)CC)n1. The molecule has 24 heavy (non-hydrogen) atoms. The first-order valence-electron chi connectivity index (χ1n) is 8.83. The van der Waals surface area contributed by atoms with Gasteiger partial charge in [0.1, 0.15) is 5.82 Å². The molecule has 0 aliphatic rings. The lowest BCUT2D eigenvalue weighted by Gasteiger charge is -2.17. The minimum Gasteiger partial charge on any atom is -0.351 e. The van der Waals surface area contributed by atoms with Gasteiger partial charge in [-0.1, -0.05) is 38.5 Å². The molecule has 0 amide bonds. The first-order valence-corrected chi connectivity index (χ1v) is 8.83. The van der Waals surface area contributed by atoms with Crippen molar-refractivity contribution in [2.45, 2.75) is 66.8 Å². The molecular formula is C19H29N5. The number of aryl methyl sites for hydroxylation is 4. The highest BCUT2D eigenvalue weighted by molar-refractivity contribution is 5.64. The molecule has 2 N–H and O–H groups in total. The van der Waals surface area contributed by atoms with E-state index in [9.17, 15) is 0 Å². The monoisotopic (exact) mass is 327 g/mol. The molecule has 2 aromatic rings. The first kappa shape index (κ1) is 18.2. The minimum atomic E-state index is 0.382. The van der Waals surface area contributed by atoms with E-state index in [1.807, 2.05) is 0 Å². The van der Waals surface area contributed by atoms with Gasteiger partial charge in [0.15, 0.2) is 0 Å². The molecule has 1 aromatic heterocycles. The molecule has 0 radical (unpaired) electrons. The Bertz CT molecular complexity index is 669. The van der Waals surface area contributed by atoms with Crippen molar-refractivity contribution in [3.8, 4) is 0 Å². The van der Waals surface area contributed by atoms with Crippen LogP contribution in [0, 0.1) is 20.8 Å². The Balaban J connectivity index is 2.33. The van der Waals surface area contributed by atoms with Crippen molar-refractivity contribution >= 4 is 17.6 Å². The molecule has 0 aliphatic heterocycles. The average Bonchev–Trinajstić information content (AvgIpc) is 2.55. The van der Waals surface area contributed by atoms with Crippen LogP contribution in [-0.2, 0) is 6.42 Å². The number of hydrogen-bond donors (Lipinski definition) is 2. The summed E-state index contributed by atoms with van der Waals surface area (Å²) in [6.45, 7) is 12.7. The lowest BCUT2D eigenvalue weighted by Crippen LogP contribution is -2.20. The second-order valence-corrected chi connectivity index (χ2v) is 6.31. The smallest absolute Gasteiger partial charge is 0.232 e. The number of nitrogens with one attached hydrogen (secondary N) is 2. The van der Waals surface area contributed by atoms with E-state index >= 15 is 0 Å². The summed E-state index contributed by atoms with van der Waals surface area (Å²) in [5, 5.41) is 6.81. The first-order chi connectivity index (χ1) is 11.5.